The van der Waals surface area contributed by atoms with Crippen molar-refractivity contribution in [3.8, 4) is 0 Å². The SMILES string of the molecule is CC(=O)c1sc(C2C(=O)NC(=Nc3ccccc3)C(Nc3ccccc3)=C2NN)nc1C. The van der Waals surface area contributed by atoms with Crippen LogP contribution in [-0.2, 0) is 4.79 Å². The van der Waals surface area contributed by atoms with Gasteiger partial charge in [-0.2, -0.15) is 0 Å². The Bertz CT molecular complexity index is 1220. The van der Waals surface area contributed by atoms with E-state index in [2.05, 4.69) is 26.0 Å². The number of aliphatic imine (C=N–C) groups is 1. The quantitative estimate of drug-likeness (QED) is 0.262. The highest BCUT2D eigenvalue weighted by Crippen LogP contribution is 2.34. The van der Waals surface area contributed by atoms with Crippen LogP contribution >= 0.6 is 11.3 Å². The third kappa shape index (κ3) is 4.29. The number of hydrogen-bond acceptors (Lipinski definition) is 8. The van der Waals surface area contributed by atoms with E-state index in [0.717, 1.165) is 5.69 Å². The highest BCUT2D eigenvalue weighted by molar-refractivity contribution is 7.14. The van der Waals surface area contributed by atoms with E-state index in [0.29, 0.717) is 38.5 Å². The number of nitrogens with two attached hydrogens (primary N) is 1. The third-order valence-electron chi connectivity index (χ3n) is 4.87. The summed E-state index contributed by atoms with van der Waals surface area (Å²) < 4.78 is 0. The molecule has 1 atom stereocenters. The van der Waals surface area contributed by atoms with E-state index >= 15 is 0 Å². The lowest BCUT2D eigenvalue weighted by molar-refractivity contribution is -0.120. The second-order valence-electron chi connectivity index (χ2n) is 7.17. The molecule has 0 fully saturated rings. The minimum Gasteiger partial charge on any atom is -0.351 e. The molecular formula is C23H22N6O2S. The molecule has 0 radical (unpaired) electrons. The lowest BCUT2D eigenvalue weighted by atomic mass is 9.98. The predicted octanol–water partition coefficient (Wildman–Crippen LogP) is 3.38. The van der Waals surface area contributed by atoms with Crippen LogP contribution in [0.3, 0.4) is 0 Å². The Balaban J connectivity index is 1.87. The van der Waals surface area contributed by atoms with Crippen LogP contribution < -0.4 is 21.9 Å². The summed E-state index contributed by atoms with van der Waals surface area (Å²) in [6, 6.07) is 18.8. The fraction of sp³-hybridized carbons (Fsp3) is 0.130. The summed E-state index contributed by atoms with van der Waals surface area (Å²) in [6.07, 6.45) is 0. The fourth-order valence-electron chi connectivity index (χ4n) is 3.42. The van der Waals surface area contributed by atoms with Crippen LogP contribution in [0.1, 0.15) is 33.2 Å². The molecule has 1 aliphatic rings. The van der Waals surface area contributed by atoms with E-state index in [4.69, 9.17) is 5.84 Å². The van der Waals surface area contributed by atoms with Crippen LogP contribution in [0.5, 0.6) is 0 Å². The smallest absolute Gasteiger partial charge is 0.241 e. The molecule has 8 nitrogen and oxygen atoms in total. The Labute approximate surface area is 189 Å². The number of ketones is 1. The Morgan fingerprint density at radius 3 is 2.38 bits per heavy atom. The number of anilines is 1. The summed E-state index contributed by atoms with van der Waals surface area (Å²) in [4.78, 5) is 34.8. The normalized spacial score (nSPS) is 17.3. The van der Waals surface area contributed by atoms with Crippen LogP contribution in [0.25, 0.3) is 0 Å². The number of benzene rings is 2. The van der Waals surface area contributed by atoms with Crippen molar-refractivity contribution in [3.63, 3.8) is 0 Å². The average molecular weight is 447 g/mol. The van der Waals surface area contributed by atoms with Gasteiger partial charge < -0.3 is 16.1 Å². The molecule has 1 amide bonds. The number of aryl methyl sites for hydroxylation is 1. The van der Waals surface area contributed by atoms with Crippen molar-refractivity contribution in [3.05, 3.63) is 87.6 Å². The summed E-state index contributed by atoms with van der Waals surface area (Å²) in [5.41, 5.74) is 5.67. The topological polar surface area (TPSA) is 122 Å². The summed E-state index contributed by atoms with van der Waals surface area (Å²) in [6.45, 7) is 3.23. The van der Waals surface area contributed by atoms with Gasteiger partial charge in [0.05, 0.1) is 22.0 Å². The first-order valence-electron chi connectivity index (χ1n) is 9.94. The number of amides is 1. The van der Waals surface area contributed by atoms with Gasteiger partial charge in [-0.05, 0) is 31.2 Å². The zero-order valence-electron chi connectivity index (χ0n) is 17.5. The molecule has 0 bridgehead atoms. The van der Waals surface area contributed by atoms with Gasteiger partial charge in [-0.3, -0.25) is 15.4 Å². The number of nitrogens with zero attached hydrogens (tertiary/aromatic N) is 2. The van der Waals surface area contributed by atoms with Gasteiger partial charge in [-0.15, -0.1) is 11.3 Å². The zero-order valence-corrected chi connectivity index (χ0v) is 18.4. The lowest BCUT2D eigenvalue weighted by Gasteiger charge is -2.28. The summed E-state index contributed by atoms with van der Waals surface area (Å²) in [7, 11) is 0. The maximum absolute atomic E-state index is 13.2. The van der Waals surface area contributed by atoms with Gasteiger partial charge in [-0.1, -0.05) is 36.4 Å². The van der Waals surface area contributed by atoms with Crippen molar-refractivity contribution in [1.29, 1.82) is 0 Å². The molecule has 0 saturated carbocycles. The number of nitrogens with one attached hydrogen (secondary N) is 3. The van der Waals surface area contributed by atoms with E-state index < -0.39 is 5.92 Å². The van der Waals surface area contributed by atoms with Crippen molar-refractivity contribution in [2.45, 2.75) is 19.8 Å². The minimum absolute atomic E-state index is 0.0948. The number of carbonyl (C=O) groups is 2. The fourth-order valence-corrected chi connectivity index (χ4v) is 4.49. The molecule has 1 unspecified atom stereocenters. The van der Waals surface area contributed by atoms with Gasteiger partial charge in [0.25, 0.3) is 0 Å². The molecule has 9 heteroatoms. The van der Waals surface area contributed by atoms with Gasteiger partial charge in [0, 0.05) is 12.6 Å². The maximum atomic E-state index is 13.2. The van der Waals surface area contributed by atoms with Crippen LogP contribution in [0, 0.1) is 6.92 Å². The van der Waals surface area contributed by atoms with E-state index in [1.807, 2.05) is 60.7 Å². The molecule has 5 N–H and O–H groups in total. The standard InChI is InChI=1S/C23H22N6O2S/c1-13-20(14(2)30)32-23(25-13)17-18(29-24)19(26-15-9-5-3-6-10-15)21(28-22(17)31)27-16-11-7-4-8-12-16/h3-12,17,26,29H,24H2,1-2H3,(H,27,28,31). The molecule has 3 aromatic rings. The molecule has 162 valence electrons. The molecule has 2 aromatic carbocycles. The van der Waals surface area contributed by atoms with E-state index in [-0.39, 0.29) is 11.7 Å². The largest absolute Gasteiger partial charge is 0.351 e. The van der Waals surface area contributed by atoms with Gasteiger partial charge in [0.2, 0.25) is 5.91 Å². The number of aromatic nitrogens is 1. The van der Waals surface area contributed by atoms with Gasteiger partial charge in [0.15, 0.2) is 11.6 Å². The van der Waals surface area contributed by atoms with Crippen molar-refractivity contribution >= 4 is 40.2 Å². The first-order chi connectivity index (χ1) is 15.5. The Hall–Kier alpha value is -3.82. The molecule has 4 rings (SSSR count). The molecule has 1 aliphatic heterocycles. The predicted molar refractivity (Wildman–Crippen MR) is 126 cm³/mol. The minimum atomic E-state index is -0.822. The Morgan fingerprint density at radius 1 is 1.12 bits per heavy atom. The summed E-state index contributed by atoms with van der Waals surface area (Å²) >= 11 is 1.19. The Kier molecular flexibility index (Phi) is 6.11. The molecule has 32 heavy (non-hydrogen) atoms. The van der Waals surface area contributed by atoms with Crippen molar-refractivity contribution in [2.75, 3.05) is 5.32 Å². The van der Waals surface area contributed by atoms with Gasteiger partial charge in [0.1, 0.15) is 16.6 Å². The highest BCUT2D eigenvalue weighted by Gasteiger charge is 2.37. The average Bonchev–Trinajstić information content (AvgIpc) is 3.18. The van der Waals surface area contributed by atoms with Gasteiger partial charge in [-0.25, -0.2) is 9.98 Å². The summed E-state index contributed by atoms with van der Waals surface area (Å²) in [5, 5.41) is 6.68. The molecule has 0 saturated heterocycles. The number of carbonyl (C=O) groups excluding carboxylic acids is 2. The van der Waals surface area contributed by atoms with Crippen molar-refractivity contribution < 1.29 is 9.59 Å². The van der Waals surface area contributed by atoms with Crippen molar-refractivity contribution in [1.82, 2.24) is 15.7 Å². The van der Waals surface area contributed by atoms with Crippen LogP contribution in [-0.4, -0.2) is 22.5 Å². The highest BCUT2D eigenvalue weighted by atomic mass is 32.1. The number of para-hydroxylation sites is 2. The first-order valence-corrected chi connectivity index (χ1v) is 10.8. The second-order valence-corrected chi connectivity index (χ2v) is 8.20. The lowest BCUT2D eigenvalue weighted by Crippen LogP contribution is -2.47. The monoisotopic (exact) mass is 446 g/mol. The molecule has 1 aromatic heterocycles. The van der Waals surface area contributed by atoms with Crippen LogP contribution in [0.2, 0.25) is 0 Å². The van der Waals surface area contributed by atoms with Crippen LogP contribution in [0.4, 0.5) is 11.4 Å². The molecular weight excluding hydrogens is 424 g/mol. The number of amidine groups is 1. The third-order valence-corrected chi connectivity index (χ3v) is 6.20. The van der Waals surface area contributed by atoms with E-state index in [9.17, 15) is 9.59 Å². The zero-order chi connectivity index (χ0) is 22.7. The Morgan fingerprint density at radius 2 is 1.78 bits per heavy atom. The molecule has 2 heterocycles. The van der Waals surface area contributed by atoms with Crippen LogP contribution in [0.15, 0.2) is 77.1 Å². The number of hydrazine groups is 1. The number of rotatable bonds is 6. The number of hydrogen-bond donors (Lipinski definition) is 4. The second kappa shape index (κ2) is 9.13. The maximum Gasteiger partial charge on any atom is 0.241 e. The molecule has 0 aliphatic carbocycles. The first kappa shape index (κ1) is 21.4. The summed E-state index contributed by atoms with van der Waals surface area (Å²) in [5.74, 6) is 5.00. The van der Waals surface area contributed by atoms with Gasteiger partial charge >= 0.3 is 0 Å². The number of Topliss-reactive ketones (excluding diaryl/α,β-unsaturated/α-hetero) is 1. The van der Waals surface area contributed by atoms with E-state index in [1.54, 1.807) is 6.92 Å². The molecule has 0 spiro atoms. The van der Waals surface area contributed by atoms with E-state index in [1.165, 1.54) is 18.3 Å². The van der Waals surface area contributed by atoms with Crippen molar-refractivity contribution in [2.24, 2.45) is 10.8 Å². The number of thiazole rings is 1.